The van der Waals surface area contributed by atoms with E-state index in [1.165, 1.54) is 6.92 Å². The molecule has 0 spiro atoms. The average Bonchev–Trinajstić information content (AvgIpc) is 2.75. The average molecular weight is 412 g/mol. The van der Waals surface area contributed by atoms with E-state index in [4.69, 9.17) is 4.74 Å². The molecule has 0 saturated heterocycles. The van der Waals surface area contributed by atoms with Crippen molar-refractivity contribution in [3.8, 4) is 0 Å². The highest BCUT2D eigenvalue weighted by Gasteiger charge is 2.12. The molecule has 30 heavy (non-hydrogen) atoms. The number of carbonyl (C=O) groups is 3. The number of nitrogens with one attached hydrogen (secondary N) is 2. The van der Waals surface area contributed by atoms with E-state index in [0.717, 1.165) is 11.1 Å². The largest absolute Gasteiger partial charge is 0.445 e. The Kier molecular flexibility index (Phi) is 9.37. The topological polar surface area (TPSA) is 87.7 Å². The number of rotatable bonds is 10. The quantitative estimate of drug-likeness (QED) is 0.584. The van der Waals surface area contributed by atoms with Gasteiger partial charge in [-0.25, -0.2) is 4.79 Å². The van der Waals surface area contributed by atoms with Crippen molar-refractivity contribution >= 4 is 23.6 Å². The molecular formula is C23H29N3O4. The van der Waals surface area contributed by atoms with Crippen LogP contribution < -0.4 is 10.6 Å². The summed E-state index contributed by atoms with van der Waals surface area (Å²) in [5.74, 6) is -0.156. The number of alkyl carbamates (subject to hydrolysis) is 1. The number of hydrogen-bond donors (Lipinski definition) is 2. The van der Waals surface area contributed by atoms with Crippen molar-refractivity contribution in [1.82, 2.24) is 10.2 Å². The summed E-state index contributed by atoms with van der Waals surface area (Å²) in [4.78, 5) is 37.4. The molecule has 2 N–H and O–H groups in total. The lowest BCUT2D eigenvalue weighted by Gasteiger charge is -2.21. The van der Waals surface area contributed by atoms with Gasteiger partial charge >= 0.3 is 6.09 Å². The maximum atomic E-state index is 12.3. The van der Waals surface area contributed by atoms with E-state index in [2.05, 4.69) is 10.6 Å². The van der Waals surface area contributed by atoms with Crippen LogP contribution >= 0.6 is 0 Å². The molecule has 0 aliphatic heterocycles. The number of anilines is 1. The van der Waals surface area contributed by atoms with Gasteiger partial charge in [-0.1, -0.05) is 48.5 Å². The number of carbonyl (C=O) groups excluding carboxylic acids is 3. The van der Waals surface area contributed by atoms with E-state index in [0.29, 0.717) is 31.7 Å². The van der Waals surface area contributed by atoms with Gasteiger partial charge in [0.2, 0.25) is 11.8 Å². The summed E-state index contributed by atoms with van der Waals surface area (Å²) >= 11 is 0. The predicted octanol–water partition coefficient (Wildman–Crippen LogP) is 3.70. The van der Waals surface area contributed by atoms with E-state index < -0.39 is 6.09 Å². The summed E-state index contributed by atoms with van der Waals surface area (Å²) in [5, 5.41) is 5.54. The van der Waals surface area contributed by atoms with Crippen LogP contribution in [0.15, 0.2) is 54.6 Å². The molecule has 0 atom stereocenters. The van der Waals surface area contributed by atoms with E-state index in [1.807, 2.05) is 61.5 Å². The summed E-state index contributed by atoms with van der Waals surface area (Å²) < 4.78 is 5.13. The maximum absolute atomic E-state index is 12.3. The molecule has 0 aliphatic carbocycles. The van der Waals surface area contributed by atoms with Crippen LogP contribution in [-0.2, 0) is 27.5 Å². The zero-order chi connectivity index (χ0) is 21.8. The van der Waals surface area contributed by atoms with Gasteiger partial charge < -0.3 is 20.3 Å². The van der Waals surface area contributed by atoms with Crippen LogP contribution in [0.25, 0.3) is 0 Å². The van der Waals surface area contributed by atoms with E-state index in [1.54, 1.807) is 4.90 Å². The molecule has 0 fully saturated rings. The standard InChI is InChI=1S/C23H29N3O4/c1-3-26(18(2)27)16-20-12-7-8-13-21(20)25-22(28)14-9-15-24-23(29)30-17-19-10-5-4-6-11-19/h4-8,10-13H,3,9,14-17H2,1-2H3,(H,24,29)(H,25,28). The fraction of sp³-hybridized carbons (Fsp3) is 0.348. The molecular weight excluding hydrogens is 382 g/mol. The molecule has 0 aliphatic rings. The number of amides is 3. The minimum Gasteiger partial charge on any atom is -0.445 e. The minimum atomic E-state index is -0.506. The normalized spacial score (nSPS) is 10.2. The van der Waals surface area contributed by atoms with Crippen LogP contribution in [0, 0.1) is 0 Å². The molecule has 2 rings (SSSR count). The molecule has 7 nitrogen and oxygen atoms in total. The van der Waals surface area contributed by atoms with Crippen LogP contribution in [0.3, 0.4) is 0 Å². The molecule has 160 valence electrons. The Morgan fingerprint density at radius 3 is 2.40 bits per heavy atom. The van der Waals surface area contributed by atoms with E-state index in [-0.39, 0.29) is 24.8 Å². The van der Waals surface area contributed by atoms with Gasteiger partial charge in [0.05, 0.1) is 0 Å². The third kappa shape index (κ3) is 7.95. The Morgan fingerprint density at radius 2 is 1.70 bits per heavy atom. The molecule has 0 bridgehead atoms. The van der Waals surface area contributed by atoms with E-state index >= 15 is 0 Å². The first-order valence-electron chi connectivity index (χ1n) is 10.1. The number of hydrogen-bond acceptors (Lipinski definition) is 4. The van der Waals surface area contributed by atoms with Crippen molar-refractivity contribution in [1.29, 1.82) is 0 Å². The first kappa shape index (κ1) is 22.9. The van der Waals surface area contributed by atoms with Gasteiger partial charge in [0.15, 0.2) is 0 Å². The van der Waals surface area contributed by atoms with Crippen molar-refractivity contribution in [2.45, 2.75) is 39.8 Å². The monoisotopic (exact) mass is 411 g/mol. The lowest BCUT2D eigenvalue weighted by molar-refractivity contribution is -0.129. The third-order valence-electron chi connectivity index (χ3n) is 4.54. The van der Waals surface area contributed by atoms with Crippen LogP contribution in [0.1, 0.15) is 37.8 Å². The fourth-order valence-electron chi connectivity index (χ4n) is 2.86. The van der Waals surface area contributed by atoms with Gasteiger partial charge in [0, 0.05) is 38.7 Å². The van der Waals surface area contributed by atoms with Gasteiger partial charge in [-0.05, 0) is 30.5 Å². The van der Waals surface area contributed by atoms with Crippen LogP contribution in [-0.4, -0.2) is 35.9 Å². The number of nitrogens with zero attached hydrogens (tertiary/aromatic N) is 1. The Bertz CT molecular complexity index is 839. The van der Waals surface area contributed by atoms with Crippen LogP contribution in [0.2, 0.25) is 0 Å². The predicted molar refractivity (Wildman–Crippen MR) is 116 cm³/mol. The molecule has 0 heterocycles. The van der Waals surface area contributed by atoms with Gasteiger partial charge in [0.25, 0.3) is 0 Å². The van der Waals surface area contributed by atoms with Crippen molar-refractivity contribution in [3.63, 3.8) is 0 Å². The minimum absolute atomic E-state index is 0.0103. The molecule has 2 aromatic carbocycles. The SMILES string of the molecule is CCN(Cc1ccccc1NC(=O)CCCNC(=O)OCc1ccccc1)C(C)=O. The Labute approximate surface area is 177 Å². The molecule has 0 aromatic heterocycles. The van der Waals surface area contributed by atoms with Crippen LogP contribution in [0.5, 0.6) is 0 Å². The smallest absolute Gasteiger partial charge is 0.407 e. The summed E-state index contributed by atoms with van der Waals surface area (Å²) in [6.07, 6.45) is 0.244. The summed E-state index contributed by atoms with van der Waals surface area (Å²) in [6.45, 7) is 5.04. The summed E-state index contributed by atoms with van der Waals surface area (Å²) in [5.41, 5.74) is 2.49. The second-order valence-corrected chi connectivity index (χ2v) is 6.83. The number of benzene rings is 2. The lowest BCUT2D eigenvalue weighted by atomic mass is 10.1. The number of para-hydroxylation sites is 1. The van der Waals surface area contributed by atoms with E-state index in [9.17, 15) is 14.4 Å². The maximum Gasteiger partial charge on any atom is 0.407 e. The van der Waals surface area contributed by atoms with Crippen molar-refractivity contribution in [2.24, 2.45) is 0 Å². The zero-order valence-electron chi connectivity index (χ0n) is 17.5. The highest BCUT2D eigenvalue weighted by Crippen LogP contribution is 2.18. The molecule has 3 amide bonds. The molecule has 0 radical (unpaired) electrons. The summed E-state index contributed by atoms with van der Waals surface area (Å²) in [6, 6.07) is 16.9. The van der Waals surface area contributed by atoms with Gasteiger partial charge in [0.1, 0.15) is 6.61 Å². The first-order valence-corrected chi connectivity index (χ1v) is 10.1. The van der Waals surface area contributed by atoms with Gasteiger partial charge in [-0.3, -0.25) is 9.59 Å². The second-order valence-electron chi connectivity index (χ2n) is 6.83. The molecule has 2 aromatic rings. The van der Waals surface area contributed by atoms with Crippen molar-refractivity contribution < 1.29 is 19.1 Å². The Hall–Kier alpha value is -3.35. The van der Waals surface area contributed by atoms with Crippen LogP contribution in [0.4, 0.5) is 10.5 Å². The zero-order valence-corrected chi connectivity index (χ0v) is 17.5. The molecule has 7 heteroatoms. The second kappa shape index (κ2) is 12.3. The van der Waals surface area contributed by atoms with Gasteiger partial charge in [-0.2, -0.15) is 0 Å². The first-order chi connectivity index (χ1) is 14.5. The van der Waals surface area contributed by atoms with Gasteiger partial charge in [-0.15, -0.1) is 0 Å². The lowest BCUT2D eigenvalue weighted by Crippen LogP contribution is -2.28. The molecule has 0 unspecified atom stereocenters. The third-order valence-corrected chi connectivity index (χ3v) is 4.54. The number of ether oxygens (including phenoxy) is 1. The fourth-order valence-corrected chi connectivity index (χ4v) is 2.86. The Morgan fingerprint density at radius 1 is 1.00 bits per heavy atom. The molecule has 0 saturated carbocycles. The Balaban J connectivity index is 1.72. The highest BCUT2D eigenvalue weighted by molar-refractivity contribution is 5.91. The highest BCUT2D eigenvalue weighted by atomic mass is 16.5. The van der Waals surface area contributed by atoms with Crippen molar-refractivity contribution in [2.75, 3.05) is 18.4 Å². The summed E-state index contributed by atoms with van der Waals surface area (Å²) in [7, 11) is 0. The van der Waals surface area contributed by atoms with Crippen molar-refractivity contribution in [3.05, 3.63) is 65.7 Å².